The molecule has 0 saturated carbocycles. The first kappa shape index (κ1) is 28.1. The van der Waals surface area contributed by atoms with Crippen LogP contribution in [0.5, 0.6) is 5.75 Å². The van der Waals surface area contributed by atoms with E-state index in [9.17, 15) is 26.4 Å². The van der Waals surface area contributed by atoms with Gasteiger partial charge in [-0.2, -0.15) is 8.78 Å². The number of anilines is 1. The molecule has 186 valence electrons. The molecule has 3 atom stereocenters. The van der Waals surface area contributed by atoms with E-state index < -0.39 is 44.8 Å². The molecule has 0 spiro atoms. The monoisotopic (exact) mass is 534 g/mol. The fourth-order valence-electron chi connectivity index (χ4n) is 2.96. The van der Waals surface area contributed by atoms with E-state index in [1.54, 1.807) is 19.9 Å². The first-order valence-corrected chi connectivity index (χ1v) is 12.6. The van der Waals surface area contributed by atoms with Crippen molar-refractivity contribution in [2.75, 3.05) is 18.0 Å². The Morgan fingerprint density at radius 2 is 1.74 bits per heavy atom. The van der Waals surface area contributed by atoms with Crippen LogP contribution < -0.4 is 14.4 Å². The predicted molar refractivity (Wildman–Crippen MR) is 133 cm³/mol. The molecule has 6 nitrogen and oxygen atoms in total. The average Bonchev–Trinajstić information content (AvgIpc) is 2.75. The van der Waals surface area contributed by atoms with Gasteiger partial charge in [-0.3, -0.25) is 9.10 Å². The Hall–Kier alpha value is -2.15. The number of rotatable bonds is 9. The molecule has 0 aromatic heterocycles. The van der Waals surface area contributed by atoms with Crippen LogP contribution in [0.25, 0.3) is 0 Å². The first-order chi connectivity index (χ1) is 15.6. The topological polar surface area (TPSA) is 75.7 Å². The van der Waals surface area contributed by atoms with Crippen LogP contribution >= 0.6 is 18.5 Å². The number of nitrogens with one attached hydrogen (secondary N) is 1. The van der Waals surface area contributed by atoms with Crippen LogP contribution in [0.3, 0.4) is 0 Å². The van der Waals surface area contributed by atoms with Crippen molar-refractivity contribution >= 4 is 40.1 Å². The first-order valence-electron chi connectivity index (χ1n) is 10.00. The van der Waals surface area contributed by atoms with Gasteiger partial charge in [-0.25, -0.2) is 12.8 Å². The Morgan fingerprint density at radius 3 is 2.21 bits per heavy atom. The number of methoxy groups -OCH3 is 1. The van der Waals surface area contributed by atoms with Gasteiger partial charge < -0.3 is 10.1 Å². The maximum absolute atomic E-state index is 14.7. The van der Waals surface area contributed by atoms with Gasteiger partial charge in [-0.1, -0.05) is 36.7 Å². The van der Waals surface area contributed by atoms with Crippen LogP contribution in [-0.4, -0.2) is 28.0 Å². The number of amides is 1. The lowest BCUT2D eigenvalue weighted by Gasteiger charge is -2.29. The van der Waals surface area contributed by atoms with Gasteiger partial charge in [-0.05, 0) is 56.7 Å². The van der Waals surface area contributed by atoms with Gasteiger partial charge in [0.2, 0.25) is 5.91 Å². The molecule has 0 aliphatic heterocycles. The molecule has 3 unspecified atom stereocenters. The van der Waals surface area contributed by atoms with Gasteiger partial charge in [0.15, 0.2) is 0 Å². The Kier molecular flexibility index (Phi) is 8.78. The van der Waals surface area contributed by atoms with E-state index in [2.05, 4.69) is 5.32 Å². The molecule has 2 aromatic rings. The Morgan fingerprint density at radius 1 is 1.15 bits per heavy atom. The van der Waals surface area contributed by atoms with Crippen molar-refractivity contribution in [3.05, 3.63) is 65.4 Å². The average molecular weight is 534 g/mol. The second-order valence-corrected chi connectivity index (χ2v) is 11.3. The zero-order chi connectivity index (χ0) is 25.9. The zero-order valence-corrected chi connectivity index (χ0v) is 22.2. The summed E-state index contributed by atoms with van der Waals surface area (Å²) in [5.74, 6) is -0.382. The van der Waals surface area contributed by atoms with Crippen LogP contribution in [0.4, 0.5) is 18.9 Å². The molecule has 2 aromatic carbocycles. The van der Waals surface area contributed by atoms with Crippen LogP contribution in [0, 0.1) is 0 Å². The van der Waals surface area contributed by atoms with Crippen molar-refractivity contribution in [2.45, 2.75) is 36.7 Å². The van der Waals surface area contributed by atoms with Crippen LogP contribution in [0.2, 0.25) is 0 Å². The number of halogens is 3. The summed E-state index contributed by atoms with van der Waals surface area (Å²) in [4.78, 5) is 12.4. The number of benzene rings is 2. The number of hydrogen-bond donors (Lipinski definition) is 1. The molecule has 12 heteroatoms. The number of carbonyl (C=O) groups excluding carboxylic acids is 1. The fraction of sp³-hybridized carbons (Fsp3) is 0.318. The molecule has 1 amide bonds. The summed E-state index contributed by atoms with van der Waals surface area (Å²) in [6, 6.07) is 8.34. The molecule has 1 N–H and O–H groups in total. The van der Waals surface area contributed by atoms with Crippen molar-refractivity contribution in [1.29, 1.82) is 0 Å². The maximum Gasteiger partial charge on any atom is 0.285 e. The van der Waals surface area contributed by atoms with Gasteiger partial charge in [0.1, 0.15) is 17.7 Å². The molecular formula is C22H27F3N2O4P2S. The number of nitrogens with zero attached hydrogens (tertiary/aromatic N) is 1. The van der Waals surface area contributed by atoms with Crippen molar-refractivity contribution in [3.8, 4) is 5.75 Å². The molecule has 0 aliphatic carbocycles. The van der Waals surface area contributed by atoms with Crippen molar-refractivity contribution in [2.24, 2.45) is 0 Å². The Labute approximate surface area is 202 Å². The predicted octanol–water partition coefficient (Wildman–Crippen LogP) is 4.87. The largest absolute Gasteiger partial charge is 0.497 e. The third kappa shape index (κ3) is 6.71. The second kappa shape index (κ2) is 10.6. The maximum atomic E-state index is 14.7. The summed E-state index contributed by atoms with van der Waals surface area (Å²) in [5.41, 5.74) is -4.41. The van der Waals surface area contributed by atoms with E-state index in [0.29, 0.717) is 15.8 Å². The summed E-state index contributed by atoms with van der Waals surface area (Å²) in [6.45, 7) is 3.61. The molecule has 0 heterocycles. The highest BCUT2D eigenvalue weighted by Gasteiger charge is 2.37. The van der Waals surface area contributed by atoms with Crippen LogP contribution in [0.1, 0.15) is 31.9 Å². The summed E-state index contributed by atoms with van der Waals surface area (Å²) >= 11 is 0. The zero-order valence-electron chi connectivity index (χ0n) is 19.1. The van der Waals surface area contributed by atoms with E-state index in [-0.39, 0.29) is 10.5 Å². The summed E-state index contributed by atoms with van der Waals surface area (Å²) < 4.78 is 76.5. The molecule has 0 bridgehead atoms. The van der Waals surface area contributed by atoms with E-state index in [4.69, 9.17) is 4.74 Å². The molecule has 0 radical (unpaired) electrons. The standard InChI is InChI=1S/C22H27F3N2O4P2S/c1-5-14(2)26-20(28)13-27(34(29,30)17-9-7-16(31-4)8-10-17)19-12-15(21(3,23)32)6-11-18(19)22(24,25)33/h5-12H,13,32-33H2,1-4H3,(H,26,28)/b14-5+. The van der Waals surface area contributed by atoms with Crippen LogP contribution in [-0.2, 0) is 25.9 Å². The number of carbonyl (C=O) groups is 1. The number of hydrogen-bond acceptors (Lipinski definition) is 4. The van der Waals surface area contributed by atoms with E-state index in [1.165, 1.54) is 47.5 Å². The number of allylic oxidation sites excluding steroid dienone is 2. The van der Waals surface area contributed by atoms with Gasteiger partial charge in [0.05, 0.1) is 17.7 Å². The second-order valence-electron chi connectivity index (χ2n) is 7.64. The lowest BCUT2D eigenvalue weighted by molar-refractivity contribution is -0.118. The van der Waals surface area contributed by atoms with E-state index in [0.717, 1.165) is 18.2 Å². The van der Waals surface area contributed by atoms with Gasteiger partial charge >= 0.3 is 0 Å². The Balaban J connectivity index is 2.78. The third-order valence-electron chi connectivity index (χ3n) is 4.89. The van der Waals surface area contributed by atoms with Crippen molar-refractivity contribution in [1.82, 2.24) is 5.32 Å². The molecule has 0 saturated heterocycles. The van der Waals surface area contributed by atoms with Gasteiger partial charge in [0, 0.05) is 11.3 Å². The number of ether oxygens (including phenoxy) is 1. The Bertz CT molecular complexity index is 1180. The summed E-state index contributed by atoms with van der Waals surface area (Å²) in [7, 11) is 0.134. The molecule has 0 fully saturated rings. The normalized spacial score (nSPS) is 14.3. The van der Waals surface area contributed by atoms with Crippen molar-refractivity contribution < 1.29 is 31.1 Å². The SMILES string of the molecule is C/C=C(\C)NC(=O)CN(c1cc(C(C)(F)P)ccc1C(F)(F)P)S(=O)(=O)c1ccc(OC)cc1. The highest BCUT2D eigenvalue weighted by Crippen LogP contribution is 2.44. The fourth-order valence-corrected chi connectivity index (χ4v) is 4.82. The minimum Gasteiger partial charge on any atom is -0.497 e. The lowest BCUT2D eigenvalue weighted by atomic mass is 10.1. The van der Waals surface area contributed by atoms with Crippen LogP contribution in [0.15, 0.2) is 59.1 Å². The summed E-state index contributed by atoms with van der Waals surface area (Å²) in [6.07, 6.45) is 1.59. The summed E-state index contributed by atoms with van der Waals surface area (Å²) in [5, 5.41) is 0.461. The van der Waals surface area contributed by atoms with E-state index in [1.807, 2.05) is 9.24 Å². The quantitative estimate of drug-likeness (QED) is 0.466. The molecular weight excluding hydrogens is 507 g/mol. The van der Waals surface area contributed by atoms with Crippen molar-refractivity contribution in [3.63, 3.8) is 0 Å². The molecule has 0 aliphatic rings. The smallest absolute Gasteiger partial charge is 0.285 e. The highest BCUT2D eigenvalue weighted by molar-refractivity contribution is 7.92. The minimum atomic E-state index is -4.54. The number of alkyl halides is 3. The number of sulfonamides is 1. The minimum absolute atomic E-state index is 0.0644. The van der Waals surface area contributed by atoms with Gasteiger partial charge in [-0.15, -0.1) is 0 Å². The van der Waals surface area contributed by atoms with Gasteiger partial charge in [0.25, 0.3) is 15.7 Å². The molecule has 34 heavy (non-hydrogen) atoms. The highest BCUT2D eigenvalue weighted by atomic mass is 32.2. The lowest BCUT2D eigenvalue weighted by Crippen LogP contribution is -2.41. The third-order valence-corrected chi connectivity index (χ3v) is 7.31. The van der Waals surface area contributed by atoms with E-state index >= 15 is 0 Å². The molecule has 2 rings (SSSR count).